The topological polar surface area (TPSA) is 71.8 Å². The Labute approximate surface area is 198 Å². The van der Waals surface area contributed by atoms with E-state index in [1.165, 1.54) is 12.1 Å². The molecule has 182 valence electrons. The van der Waals surface area contributed by atoms with Crippen LogP contribution in [0.15, 0.2) is 30.5 Å². The standard InChI is InChI=1S/C25H31F2N5O2/c1-3-4-12-34-25(33)29-14-20-17(2)30-32-23(9-10-28-24(20)32)19-6-5-11-31(16-19)15-18-7-8-21(26)22(27)13-18/h7-10,13,19H,3-6,11-12,14-16H2,1-2H3,(H,29,33)/t19-/m0/s1. The molecule has 1 amide bonds. The fourth-order valence-corrected chi connectivity index (χ4v) is 4.49. The van der Waals surface area contributed by atoms with Crippen LogP contribution in [0.2, 0.25) is 0 Å². The summed E-state index contributed by atoms with van der Waals surface area (Å²) in [6.07, 6.45) is 5.14. The SMILES string of the molecule is CCCCOC(=O)NCc1c(C)nn2c([C@H]3CCCN(Cc4ccc(F)c(F)c4)C3)ccnc12. The first-order chi connectivity index (χ1) is 16.5. The molecule has 34 heavy (non-hydrogen) atoms. The van der Waals surface area contributed by atoms with Crippen molar-refractivity contribution < 1.29 is 18.3 Å². The van der Waals surface area contributed by atoms with E-state index in [1.54, 1.807) is 12.3 Å². The van der Waals surface area contributed by atoms with Gasteiger partial charge in [-0.2, -0.15) is 5.10 Å². The van der Waals surface area contributed by atoms with E-state index >= 15 is 0 Å². The van der Waals surface area contributed by atoms with Crippen molar-refractivity contribution in [3.63, 3.8) is 0 Å². The Morgan fingerprint density at radius 1 is 1.26 bits per heavy atom. The second-order valence-electron chi connectivity index (χ2n) is 8.83. The first kappa shape index (κ1) is 24.1. The lowest BCUT2D eigenvalue weighted by atomic mass is 9.94. The van der Waals surface area contributed by atoms with Gasteiger partial charge in [-0.05, 0) is 56.5 Å². The fourth-order valence-electron chi connectivity index (χ4n) is 4.49. The number of alkyl carbamates (subject to hydrolysis) is 1. The highest BCUT2D eigenvalue weighted by Gasteiger charge is 2.25. The number of likely N-dealkylation sites (tertiary alicyclic amines) is 1. The van der Waals surface area contributed by atoms with E-state index in [9.17, 15) is 13.6 Å². The van der Waals surface area contributed by atoms with Crippen molar-refractivity contribution >= 4 is 11.7 Å². The minimum atomic E-state index is -0.826. The molecule has 1 N–H and O–H groups in total. The van der Waals surface area contributed by atoms with E-state index in [0.29, 0.717) is 19.7 Å². The van der Waals surface area contributed by atoms with Gasteiger partial charge in [0.05, 0.1) is 24.5 Å². The van der Waals surface area contributed by atoms with Crippen LogP contribution in [0.1, 0.15) is 61.0 Å². The lowest BCUT2D eigenvalue weighted by Gasteiger charge is -2.33. The maximum atomic E-state index is 13.6. The van der Waals surface area contributed by atoms with E-state index in [1.807, 2.05) is 24.4 Å². The summed E-state index contributed by atoms with van der Waals surface area (Å²) in [4.78, 5) is 18.8. The molecule has 1 saturated heterocycles. The third-order valence-electron chi connectivity index (χ3n) is 6.30. The van der Waals surface area contributed by atoms with Crippen LogP contribution in [0.25, 0.3) is 5.65 Å². The summed E-state index contributed by atoms with van der Waals surface area (Å²) in [5.41, 5.74) is 4.21. The number of piperidine rings is 1. The number of amides is 1. The summed E-state index contributed by atoms with van der Waals surface area (Å²) in [7, 11) is 0. The Kier molecular flexibility index (Phi) is 7.72. The van der Waals surface area contributed by atoms with Gasteiger partial charge in [-0.25, -0.2) is 23.1 Å². The number of halogens is 2. The van der Waals surface area contributed by atoms with Gasteiger partial charge in [0.15, 0.2) is 17.3 Å². The van der Waals surface area contributed by atoms with E-state index in [2.05, 4.69) is 15.2 Å². The number of aryl methyl sites for hydroxylation is 1. The van der Waals surface area contributed by atoms with Crippen LogP contribution < -0.4 is 5.32 Å². The van der Waals surface area contributed by atoms with Crippen LogP contribution in [0.4, 0.5) is 13.6 Å². The largest absolute Gasteiger partial charge is 0.450 e. The van der Waals surface area contributed by atoms with Gasteiger partial charge < -0.3 is 10.1 Å². The van der Waals surface area contributed by atoms with Gasteiger partial charge in [-0.1, -0.05) is 19.4 Å². The lowest BCUT2D eigenvalue weighted by molar-refractivity contribution is 0.144. The number of benzene rings is 1. The number of carbonyl (C=O) groups is 1. The highest BCUT2D eigenvalue weighted by atomic mass is 19.2. The average molecular weight is 472 g/mol. The van der Waals surface area contributed by atoms with Gasteiger partial charge in [0, 0.05) is 30.8 Å². The van der Waals surface area contributed by atoms with Gasteiger partial charge in [-0.15, -0.1) is 0 Å². The zero-order valence-electron chi connectivity index (χ0n) is 19.7. The summed E-state index contributed by atoms with van der Waals surface area (Å²) in [6, 6.07) is 6.07. The van der Waals surface area contributed by atoms with E-state index in [0.717, 1.165) is 66.9 Å². The first-order valence-corrected chi connectivity index (χ1v) is 11.9. The van der Waals surface area contributed by atoms with Crippen molar-refractivity contribution in [1.29, 1.82) is 0 Å². The average Bonchev–Trinajstić information content (AvgIpc) is 3.15. The summed E-state index contributed by atoms with van der Waals surface area (Å²) in [6.45, 7) is 6.90. The number of rotatable bonds is 8. The van der Waals surface area contributed by atoms with E-state index in [4.69, 9.17) is 9.84 Å². The van der Waals surface area contributed by atoms with Crippen molar-refractivity contribution in [2.24, 2.45) is 0 Å². The van der Waals surface area contributed by atoms with Crippen LogP contribution in [0.5, 0.6) is 0 Å². The Morgan fingerprint density at radius 3 is 2.91 bits per heavy atom. The highest BCUT2D eigenvalue weighted by molar-refractivity contribution is 5.67. The quantitative estimate of drug-likeness (QED) is 0.482. The molecule has 1 aromatic carbocycles. The second kappa shape index (κ2) is 10.9. The maximum Gasteiger partial charge on any atom is 0.407 e. The molecule has 3 heterocycles. The number of hydrogen-bond donors (Lipinski definition) is 1. The van der Waals surface area contributed by atoms with Crippen molar-refractivity contribution in [2.75, 3.05) is 19.7 Å². The molecule has 0 aliphatic carbocycles. The van der Waals surface area contributed by atoms with Gasteiger partial charge in [0.1, 0.15) is 0 Å². The Morgan fingerprint density at radius 2 is 2.12 bits per heavy atom. The molecule has 0 unspecified atom stereocenters. The second-order valence-corrected chi connectivity index (χ2v) is 8.83. The van der Waals surface area contributed by atoms with Crippen LogP contribution >= 0.6 is 0 Å². The molecule has 0 radical (unpaired) electrons. The summed E-state index contributed by atoms with van der Waals surface area (Å²) < 4.78 is 34.0. The third-order valence-corrected chi connectivity index (χ3v) is 6.30. The Hall–Kier alpha value is -3.07. The van der Waals surface area contributed by atoms with Crippen LogP contribution in [0.3, 0.4) is 0 Å². The number of aromatic nitrogens is 3. The van der Waals surface area contributed by atoms with E-state index in [-0.39, 0.29) is 5.92 Å². The van der Waals surface area contributed by atoms with Crippen LogP contribution in [0, 0.1) is 18.6 Å². The number of hydrogen-bond acceptors (Lipinski definition) is 5. The molecule has 1 fully saturated rings. The highest BCUT2D eigenvalue weighted by Crippen LogP contribution is 2.29. The summed E-state index contributed by atoms with van der Waals surface area (Å²) in [5, 5.41) is 7.52. The molecule has 0 saturated carbocycles. The molecule has 0 bridgehead atoms. The predicted molar refractivity (Wildman–Crippen MR) is 124 cm³/mol. The smallest absolute Gasteiger partial charge is 0.407 e. The molecule has 3 aromatic rings. The fraction of sp³-hybridized carbons (Fsp3) is 0.480. The van der Waals surface area contributed by atoms with Crippen LogP contribution in [-0.4, -0.2) is 45.3 Å². The molecule has 4 rings (SSSR count). The molecule has 0 spiro atoms. The molecular formula is C25H31F2N5O2. The number of unbranched alkanes of at least 4 members (excludes halogenated alkanes) is 1. The van der Waals surface area contributed by atoms with Gasteiger partial charge in [0.2, 0.25) is 0 Å². The minimum absolute atomic E-state index is 0.226. The van der Waals surface area contributed by atoms with Gasteiger partial charge in [0.25, 0.3) is 0 Å². The normalized spacial score (nSPS) is 16.6. The Bertz CT molecular complexity index is 1150. The van der Waals surface area contributed by atoms with Gasteiger partial charge in [-0.3, -0.25) is 4.90 Å². The molecule has 1 atom stereocenters. The number of nitrogens with zero attached hydrogens (tertiary/aromatic N) is 4. The molecule has 2 aromatic heterocycles. The minimum Gasteiger partial charge on any atom is -0.450 e. The summed E-state index contributed by atoms with van der Waals surface area (Å²) in [5.74, 6) is -1.42. The lowest BCUT2D eigenvalue weighted by Crippen LogP contribution is -2.34. The Balaban J connectivity index is 1.47. The summed E-state index contributed by atoms with van der Waals surface area (Å²) >= 11 is 0. The first-order valence-electron chi connectivity index (χ1n) is 11.9. The molecule has 1 aliphatic rings. The third kappa shape index (κ3) is 5.52. The molecular weight excluding hydrogens is 440 g/mol. The van der Waals surface area contributed by atoms with Crippen molar-refractivity contribution in [3.05, 3.63) is 64.6 Å². The van der Waals surface area contributed by atoms with Gasteiger partial charge >= 0.3 is 6.09 Å². The van der Waals surface area contributed by atoms with Crippen LogP contribution in [-0.2, 0) is 17.8 Å². The molecule has 7 nitrogen and oxygen atoms in total. The number of fused-ring (bicyclic) bond motifs is 1. The predicted octanol–water partition coefficient (Wildman–Crippen LogP) is 4.72. The zero-order valence-corrected chi connectivity index (χ0v) is 19.7. The number of ether oxygens (including phenoxy) is 1. The zero-order chi connectivity index (χ0) is 24.1. The van der Waals surface area contributed by atoms with E-state index < -0.39 is 17.7 Å². The number of nitrogens with one attached hydrogen (secondary N) is 1. The monoisotopic (exact) mass is 471 g/mol. The van der Waals surface area contributed by atoms with Crippen molar-refractivity contribution in [1.82, 2.24) is 24.8 Å². The van der Waals surface area contributed by atoms with Crippen molar-refractivity contribution in [3.8, 4) is 0 Å². The molecule has 1 aliphatic heterocycles. The maximum absolute atomic E-state index is 13.6. The van der Waals surface area contributed by atoms with Crippen molar-refractivity contribution in [2.45, 2.75) is 58.5 Å². The molecule has 9 heteroatoms. The number of carbonyl (C=O) groups excluding carboxylic acids is 1.